The van der Waals surface area contributed by atoms with Gasteiger partial charge in [-0.3, -0.25) is 9.59 Å². The van der Waals surface area contributed by atoms with E-state index in [-0.39, 0.29) is 11.7 Å². The number of nitrogens with one attached hydrogen (secondary N) is 2. The molecule has 1 aliphatic rings. The summed E-state index contributed by atoms with van der Waals surface area (Å²) in [6, 6.07) is 11.5. The highest BCUT2D eigenvalue weighted by molar-refractivity contribution is 6.00. The van der Waals surface area contributed by atoms with Gasteiger partial charge < -0.3 is 10.3 Å². The van der Waals surface area contributed by atoms with Crippen LogP contribution in [0.3, 0.4) is 0 Å². The van der Waals surface area contributed by atoms with Crippen LogP contribution >= 0.6 is 0 Å². The minimum absolute atomic E-state index is 0.0945. The molecule has 0 aliphatic heterocycles. The molecule has 138 valence electrons. The van der Waals surface area contributed by atoms with Gasteiger partial charge in [0.2, 0.25) is 0 Å². The van der Waals surface area contributed by atoms with Crippen molar-refractivity contribution in [2.45, 2.75) is 26.2 Å². The number of rotatable bonds is 6. The smallest absolute Gasteiger partial charge is 0.269 e. The molecule has 3 aromatic rings. The Hall–Kier alpha value is -2.95. The molecule has 2 N–H and O–H groups in total. The van der Waals surface area contributed by atoms with Crippen molar-refractivity contribution in [3.63, 3.8) is 0 Å². The summed E-state index contributed by atoms with van der Waals surface area (Å²) in [7, 11) is 1.57. The molecule has 0 spiro atoms. The summed E-state index contributed by atoms with van der Waals surface area (Å²) >= 11 is 0. The molecular formula is C22H23N3O2. The summed E-state index contributed by atoms with van der Waals surface area (Å²) < 4.78 is 0. The number of aromatic nitrogens is 2. The number of amides is 1. The third kappa shape index (κ3) is 3.63. The number of Topliss-reactive ketones (excluding diaryl/α,β-unsaturated/α-hetero) is 1. The number of H-pyrrole nitrogens is 1. The molecule has 5 nitrogen and oxygen atoms in total. The van der Waals surface area contributed by atoms with E-state index in [1.807, 2.05) is 30.5 Å². The fourth-order valence-electron chi connectivity index (χ4n) is 3.60. The van der Waals surface area contributed by atoms with Crippen LogP contribution in [-0.2, 0) is 6.42 Å². The summed E-state index contributed by atoms with van der Waals surface area (Å²) in [6.07, 6.45) is 4.19. The zero-order valence-electron chi connectivity index (χ0n) is 15.6. The lowest BCUT2D eigenvalue weighted by molar-refractivity contribution is 0.0958. The van der Waals surface area contributed by atoms with Gasteiger partial charge in [-0.2, -0.15) is 0 Å². The molecule has 2 aromatic heterocycles. The van der Waals surface area contributed by atoms with Crippen molar-refractivity contribution in [3.8, 4) is 0 Å². The highest BCUT2D eigenvalue weighted by Gasteiger charge is 2.34. The van der Waals surface area contributed by atoms with Crippen molar-refractivity contribution in [2.75, 3.05) is 7.05 Å². The maximum atomic E-state index is 12.7. The van der Waals surface area contributed by atoms with Crippen molar-refractivity contribution < 1.29 is 9.59 Å². The van der Waals surface area contributed by atoms with E-state index in [4.69, 9.17) is 0 Å². The number of nitrogens with zero attached hydrogens (tertiary/aromatic N) is 1. The van der Waals surface area contributed by atoms with Gasteiger partial charge in [-0.1, -0.05) is 25.1 Å². The Bertz CT molecular complexity index is 1020. The molecule has 0 unspecified atom stereocenters. The SMILES string of the molecule is CNC(=O)c1cc(C(=O)C[C@H]2C[C@@H]2C)cc(Cc2c[nH]c3ccccc23)n1. The lowest BCUT2D eigenvalue weighted by Gasteiger charge is -2.08. The molecule has 1 aliphatic carbocycles. The third-order valence-electron chi connectivity index (χ3n) is 5.43. The Balaban J connectivity index is 1.67. The first-order valence-electron chi connectivity index (χ1n) is 9.36. The van der Waals surface area contributed by atoms with Crippen LogP contribution < -0.4 is 5.32 Å². The number of hydrogen-bond acceptors (Lipinski definition) is 3. The first kappa shape index (κ1) is 17.5. The van der Waals surface area contributed by atoms with Gasteiger partial charge >= 0.3 is 0 Å². The van der Waals surface area contributed by atoms with Crippen LogP contribution in [0.2, 0.25) is 0 Å². The molecule has 5 heteroatoms. The van der Waals surface area contributed by atoms with E-state index in [0.29, 0.717) is 35.9 Å². The number of carbonyl (C=O) groups is 2. The average molecular weight is 361 g/mol. The number of carbonyl (C=O) groups excluding carboxylic acids is 2. The molecular weight excluding hydrogens is 338 g/mol. The number of para-hydroxylation sites is 1. The minimum atomic E-state index is -0.274. The highest BCUT2D eigenvalue weighted by atomic mass is 16.1. The first-order valence-corrected chi connectivity index (χ1v) is 9.36. The molecule has 27 heavy (non-hydrogen) atoms. The zero-order chi connectivity index (χ0) is 19.0. The number of fused-ring (bicyclic) bond motifs is 1. The molecule has 1 fully saturated rings. The van der Waals surface area contributed by atoms with E-state index in [9.17, 15) is 9.59 Å². The minimum Gasteiger partial charge on any atom is -0.361 e. The Kier molecular flexibility index (Phi) is 4.52. The van der Waals surface area contributed by atoms with Gasteiger partial charge in [0.15, 0.2) is 5.78 Å². The molecule has 1 aromatic carbocycles. The van der Waals surface area contributed by atoms with Gasteiger partial charge in [0.25, 0.3) is 5.91 Å². The van der Waals surface area contributed by atoms with Gasteiger partial charge in [-0.25, -0.2) is 4.98 Å². The zero-order valence-corrected chi connectivity index (χ0v) is 15.6. The van der Waals surface area contributed by atoms with Gasteiger partial charge in [0, 0.05) is 48.2 Å². The topological polar surface area (TPSA) is 74.8 Å². The quantitative estimate of drug-likeness (QED) is 0.657. The Morgan fingerprint density at radius 2 is 2.04 bits per heavy atom. The number of pyridine rings is 1. The largest absolute Gasteiger partial charge is 0.361 e. The van der Waals surface area contributed by atoms with Crippen LogP contribution in [0.5, 0.6) is 0 Å². The van der Waals surface area contributed by atoms with Crippen molar-refractivity contribution >= 4 is 22.6 Å². The normalized spacial score (nSPS) is 18.4. The van der Waals surface area contributed by atoms with E-state index in [0.717, 1.165) is 28.6 Å². The monoisotopic (exact) mass is 361 g/mol. The molecule has 0 saturated heterocycles. The highest BCUT2D eigenvalue weighted by Crippen LogP contribution is 2.41. The second-order valence-electron chi connectivity index (χ2n) is 7.45. The van der Waals surface area contributed by atoms with Gasteiger partial charge in [-0.15, -0.1) is 0 Å². The summed E-state index contributed by atoms with van der Waals surface area (Å²) in [5, 5.41) is 3.73. The van der Waals surface area contributed by atoms with Crippen LogP contribution in [-0.4, -0.2) is 28.7 Å². The fraction of sp³-hybridized carbons (Fsp3) is 0.318. The maximum absolute atomic E-state index is 12.7. The van der Waals surface area contributed by atoms with Crippen LogP contribution in [0, 0.1) is 11.8 Å². The standard InChI is InChI=1S/C22H23N3O2/c1-13-7-14(13)11-21(26)15-8-17(25-20(10-15)22(27)23-2)9-16-12-24-19-6-4-3-5-18(16)19/h3-6,8,10,12-14,24H,7,9,11H2,1-2H3,(H,23,27)/t13-,14+/m0/s1. The van der Waals surface area contributed by atoms with E-state index in [1.165, 1.54) is 0 Å². The Morgan fingerprint density at radius 3 is 2.78 bits per heavy atom. The van der Waals surface area contributed by atoms with Crippen LogP contribution in [0.4, 0.5) is 0 Å². The maximum Gasteiger partial charge on any atom is 0.269 e. The Labute approximate surface area is 158 Å². The van der Waals surface area contributed by atoms with Crippen molar-refractivity contribution in [2.24, 2.45) is 11.8 Å². The number of ketones is 1. The van der Waals surface area contributed by atoms with E-state index < -0.39 is 0 Å². The van der Waals surface area contributed by atoms with Crippen LogP contribution in [0.1, 0.15) is 51.9 Å². The summed E-state index contributed by atoms with van der Waals surface area (Å²) in [5.74, 6) is 0.924. The predicted octanol–water partition coefficient (Wildman–Crippen LogP) is 3.74. The van der Waals surface area contributed by atoms with Crippen molar-refractivity contribution in [1.82, 2.24) is 15.3 Å². The summed E-state index contributed by atoms with van der Waals surface area (Å²) in [6.45, 7) is 2.17. The molecule has 1 saturated carbocycles. The molecule has 0 radical (unpaired) electrons. The third-order valence-corrected chi connectivity index (χ3v) is 5.43. The molecule has 1 amide bonds. The van der Waals surface area contributed by atoms with Gasteiger partial charge in [0.1, 0.15) is 5.69 Å². The fourth-order valence-corrected chi connectivity index (χ4v) is 3.60. The van der Waals surface area contributed by atoms with Crippen molar-refractivity contribution in [1.29, 1.82) is 0 Å². The average Bonchev–Trinajstić information content (AvgIpc) is 3.22. The van der Waals surface area contributed by atoms with Crippen molar-refractivity contribution in [3.05, 3.63) is 65.1 Å². The number of benzene rings is 1. The Morgan fingerprint density at radius 1 is 1.26 bits per heavy atom. The number of hydrogen-bond donors (Lipinski definition) is 2. The lowest BCUT2D eigenvalue weighted by atomic mass is 10.0. The van der Waals surface area contributed by atoms with E-state index >= 15 is 0 Å². The molecule has 4 rings (SSSR count). The summed E-state index contributed by atoms with van der Waals surface area (Å²) in [5.41, 5.74) is 3.77. The predicted molar refractivity (Wildman–Crippen MR) is 105 cm³/mol. The molecule has 2 atom stereocenters. The molecule has 0 bridgehead atoms. The van der Waals surface area contributed by atoms with Crippen LogP contribution in [0.15, 0.2) is 42.6 Å². The number of aromatic amines is 1. The summed E-state index contributed by atoms with van der Waals surface area (Å²) in [4.78, 5) is 32.6. The van der Waals surface area contributed by atoms with E-state index in [2.05, 4.69) is 28.3 Å². The van der Waals surface area contributed by atoms with E-state index in [1.54, 1.807) is 13.1 Å². The van der Waals surface area contributed by atoms with Gasteiger partial charge in [0.05, 0.1) is 0 Å². The van der Waals surface area contributed by atoms with Gasteiger partial charge in [-0.05, 0) is 42.0 Å². The van der Waals surface area contributed by atoms with Crippen LogP contribution in [0.25, 0.3) is 10.9 Å². The first-order chi connectivity index (χ1) is 13.0. The lowest BCUT2D eigenvalue weighted by Crippen LogP contribution is -2.20. The molecule has 2 heterocycles. The second-order valence-corrected chi connectivity index (χ2v) is 7.45. The second kappa shape index (κ2) is 6.99.